The fourth-order valence-corrected chi connectivity index (χ4v) is 3.63. The molecular formula is C16H17ClN2O4S. The standard InChI is InChI=1S/C16H17ClN2O4S/c1-19(2)16(20)11-8-9-12(17)15(10-11)24(21,22)18-13-6-4-5-7-14(13)23-3/h4-10,18H,1-3H3. The second-order valence-electron chi connectivity index (χ2n) is 5.15. The molecule has 0 aliphatic heterocycles. The molecular weight excluding hydrogens is 352 g/mol. The summed E-state index contributed by atoms with van der Waals surface area (Å²) in [5.74, 6) is 0.0538. The zero-order valence-corrected chi connectivity index (χ0v) is 15.0. The second kappa shape index (κ2) is 7.11. The zero-order valence-electron chi connectivity index (χ0n) is 13.4. The van der Waals surface area contributed by atoms with E-state index >= 15 is 0 Å². The van der Waals surface area contributed by atoms with Gasteiger partial charge in [-0.15, -0.1) is 0 Å². The Labute approximate surface area is 146 Å². The predicted molar refractivity (Wildman–Crippen MR) is 93.3 cm³/mol. The van der Waals surface area contributed by atoms with E-state index in [2.05, 4.69) is 4.72 Å². The highest BCUT2D eigenvalue weighted by atomic mass is 35.5. The minimum absolute atomic E-state index is 0.0210. The number of anilines is 1. The van der Waals surface area contributed by atoms with E-state index in [4.69, 9.17) is 16.3 Å². The maximum atomic E-state index is 12.7. The van der Waals surface area contributed by atoms with E-state index in [-0.39, 0.29) is 27.1 Å². The molecule has 0 radical (unpaired) electrons. The summed E-state index contributed by atoms with van der Waals surface area (Å²) >= 11 is 6.03. The fraction of sp³-hybridized carbons (Fsp3) is 0.188. The molecule has 1 N–H and O–H groups in total. The number of benzene rings is 2. The Balaban J connectivity index is 2.46. The Hall–Kier alpha value is -2.25. The molecule has 0 atom stereocenters. The molecule has 0 saturated heterocycles. The molecule has 0 aliphatic rings. The molecule has 0 aliphatic carbocycles. The van der Waals surface area contributed by atoms with E-state index < -0.39 is 10.0 Å². The highest BCUT2D eigenvalue weighted by Crippen LogP contribution is 2.29. The van der Waals surface area contributed by atoms with Crippen molar-refractivity contribution in [2.45, 2.75) is 4.90 Å². The molecule has 2 aromatic carbocycles. The maximum Gasteiger partial charge on any atom is 0.263 e. The monoisotopic (exact) mass is 368 g/mol. The van der Waals surface area contributed by atoms with Crippen molar-refractivity contribution in [2.75, 3.05) is 25.9 Å². The van der Waals surface area contributed by atoms with Crippen LogP contribution in [0.2, 0.25) is 5.02 Å². The van der Waals surface area contributed by atoms with Crippen LogP contribution in [0.4, 0.5) is 5.69 Å². The molecule has 2 rings (SSSR count). The third-order valence-electron chi connectivity index (χ3n) is 3.23. The SMILES string of the molecule is COc1ccccc1NS(=O)(=O)c1cc(C(=O)N(C)C)ccc1Cl. The average molecular weight is 369 g/mol. The van der Waals surface area contributed by atoms with Gasteiger partial charge in [0.25, 0.3) is 15.9 Å². The maximum absolute atomic E-state index is 12.7. The molecule has 128 valence electrons. The van der Waals surface area contributed by atoms with Crippen LogP contribution in [-0.4, -0.2) is 40.4 Å². The Bertz CT molecular complexity index is 866. The molecule has 0 spiro atoms. The van der Waals surface area contributed by atoms with Crippen molar-refractivity contribution in [3.63, 3.8) is 0 Å². The van der Waals surface area contributed by atoms with Gasteiger partial charge in [-0.25, -0.2) is 8.42 Å². The summed E-state index contributed by atoms with van der Waals surface area (Å²) in [7, 11) is 0.613. The fourth-order valence-electron chi connectivity index (χ4n) is 2.03. The number of hydrogen-bond acceptors (Lipinski definition) is 4. The van der Waals surface area contributed by atoms with Gasteiger partial charge in [-0.05, 0) is 30.3 Å². The molecule has 0 unspecified atom stereocenters. The number of hydrogen-bond donors (Lipinski definition) is 1. The molecule has 0 aromatic heterocycles. The van der Waals surface area contributed by atoms with Crippen molar-refractivity contribution < 1.29 is 17.9 Å². The van der Waals surface area contributed by atoms with Crippen LogP contribution in [0.15, 0.2) is 47.4 Å². The number of halogens is 1. The van der Waals surface area contributed by atoms with Crippen molar-refractivity contribution in [1.82, 2.24) is 4.90 Å². The Morgan fingerprint density at radius 1 is 1.17 bits per heavy atom. The van der Waals surface area contributed by atoms with Gasteiger partial charge in [0.1, 0.15) is 10.6 Å². The third kappa shape index (κ3) is 3.80. The van der Waals surface area contributed by atoms with Crippen LogP contribution < -0.4 is 9.46 Å². The minimum Gasteiger partial charge on any atom is -0.495 e. The van der Waals surface area contributed by atoms with Crippen LogP contribution in [0, 0.1) is 0 Å². The van der Waals surface area contributed by atoms with Crippen molar-refractivity contribution in [3.05, 3.63) is 53.1 Å². The van der Waals surface area contributed by atoms with Crippen LogP contribution in [0.5, 0.6) is 5.75 Å². The first kappa shape index (κ1) is 18.1. The van der Waals surface area contributed by atoms with Crippen molar-refractivity contribution >= 4 is 33.2 Å². The molecule has 24 heavy (non-hydrogen) atoms. The number of methoxy groups -OCH3 is 1. The number of sulfonamides is 1. The molecule has 6 nitrogen and oxygen atoms in total. The van der Waals surface area contributed by atoms with Crippen molar-refractivity contribution in [1.29, 1.82) is 0 Å². The number of ether oxygens (including phenoxy) is 1. The van der Waals surface area contributed by atoms with E-state index in [9.17, 15) is 13.2 Å². The van der Waals surface area contributed by atoms with E-state index in [1.807, 2.05) is 0 Å². The van der Waals surface area contributed by atoms with Gasteiger partial charge in [0.15, 0.2) is 0 Å². The number of carbonyl (C=O) groups is 1. The highest BCUT2D eigenvalue weighted by molar-refractivity contribution is 7.92. The summed E-state index contributed by atoms with van der Waals surface area (Å²) in [4.78, 5) is 13.2. The van der Waals surface area contributed by atoms with E-state index in [1.54, 1.807) is 38.4 Å². The first-order valence-corrected chi connectivity index (χ1v) is 8.79. The molecule has 2 aromatic rings. The summed E-state index contributed by atoms with van der Waals surface area (Å²) in [6.45, 7) is 0. The predicted octanol–water partition coefficient (Wildman–Crippen LogP) is 2.85. The number of nitrogens with one attached hydrogen (secondary N) is 1. The van der Waals surface area contributed by atoms with Crippen molar-refractivity contribution in [3.8, 4) is 5.75 Å². The zero-order chi connectivity index (χ0) is 17.9. The van der Waals surface area contributed by atoms with Crippen LogP contribution in [-0.2, 0) is 10.0 Å². The third-order valence-corrected chi connectivity index (χ3v) is 5.07. The molecule has 0 bridgehead atoms. The molecule has 8 heteroatoms. The summed E-state index contributed by atoms with van der Waals surface area (Å²) < 4.78 is 32.9. The van der Waals surface area contributed by atoms with Gasteiger partial charge in [0.2, 0.25) is 0 Å². The van der Waals surface area contributed by atoms with Gasteiger partial charge >= 0.3 is 0 Å². The largest absolute Gasteiger partial charge is 0.495 e. The quantitative estimate of drug-likeness (QED) is 0.880. The molecule has 0 heterocycles. The lowest BCUT2D eigenvalue weighted by molar-refractivity contribution is 0.0827. The van der Waals surface area contributed by atoms with Gasteiger partial charge in [-0.1, -0.05) is 23.7 Å². The van der Waals surface area contributed by atoms with Gasteiger partial charge in [-0.2, -0.15) is 0 Å². The van der Waals surface area contributed by atoms with Crippen molar-refractivity contribution in [2.24, 2.45) is 0 Å². The Kier molecular flexibility index (Phi) is 5.36. The molecule has 0 saturated carbocycles. The molecule has 0 fully saturated rings. The van der Waals surface area contributed by atoms with Crippen LogP contribution in [0.1, 0.15) is 10.4 Å². The Morgan fingerprint density at radius 3 is 2.46 bits per heavy atom. The van der Waals surface area contributed by atoms with Crippen LogP contribution in [0.3, 0.4) is 0 Å². The average Bonchev–Trinajstić information content (AvgIpc) is 2.54. The number of amides is 1. The summed E-state index contributed by atoms with van der Waals surface area (Å²) in [5.41, 5.74) is 0.505. The first-order chi connectivity index (χ1) is 11.3. The van der Waals surface area contributed by atoms with Crippen LogP contribution >= 0.6 is 11.6 Å². The van der Waals surface area contributed by atoms with Gasteiger partial charge < -0.3 is 9.64 Å². The number of nitrogens with zero attached hydrogens (tertiary/aromatic N) is 1. The summed E-state index contributed by atoms with van der Waals surface area (Å²) in [5, 5.41) is 0.0210. The topological polar surface area (TPSA) is 75.7 Å². The number of carbonyl (C=O) groups excluding carboxylic acids is 1. The summed E-state index contributed by atoms with van der Waals surface area (Å²) in [6, 6.07) is 10.7. The van der Waals surface area contributed by atoms with Crippen LogP contribution in [0.25, 0.3) is 0 Å². The first-order valence-electron chi connectivity index (χ1n) is 6.93. The smallest absolute Gasteiger partial charge is 0.263 e. The summed E-state index contributed by atoms with van der Waals surface area (Å²) in [6.07, 6.45) is 0. The molecule has 1 amide bonds. The minimum atomic E-state index is -3.99. The van der Waals surface area contributed by atoms with E-state index in [0.29, 0.717) is 5.75 Å². The van der Waals surface area contributed by atoms with Gasteiger partial charge in [0, 0.05) is 19.7 Å². The lowest BCUT2D eigenvalue weighted by atomic mass is 10.2. The number of para-hydroxylation sites is 2. The van der Waals surface area contributed by atoms with E-state index in [0.717, 1.165) is 0 Å². The Morgan fingerprint density at radius 2 is 1.83 bits per heavy atom. The highest BCUT2D eigenvalue weighted by Gasteiger charge is 2.22. The normalized spacial score (nSPS) is 11.0. The van der Waals surface area contributed by atoms with E-state index in [1.165, 1.54) is 30.2 Å². The number of rotatable bonds is 5. The second-order valence-corrected chi connectivity index (χ2v) is 7.21. The van der Waals surface area contributed by atoms with Gasteiger partial charge in [0.05, 0.1) is 17.8 Å². The van der Waals surface area contributed by atoms with Gasteiger partial charge in [-0.3, -0.25) is 9.52 Å². The lowest BCUT2D eigenvalue weighted by Crippen LogP contribution is -2.22. The lowest BCUT2D eigenvalue weighted by Gasteiger charge is -2.14.